The lowest BCUT2D eigenvalue weighted by molar-refractivity contribution is 0.0690. The van der Waals surface area contributed by atoms with Gasteiger partial charge in [0.15, 0.2) is 5.69 Å². The van der Waals surface area contributed by atoms with Crippen LogP contribution in [0, 0.1) is 0 Å². The quantitative estimate of drug-likeness (QED) is 0.735. The van der Waals surface area contributed by atoms with Gasteiger partial charge in [-0.3, -0.25) is 4.68 Å². The van der Waals surface area contributed by atoms with Gasteiger partial charge in [0, 0.05) is 12.6 Å². The summed E-state index contributed by atoms with van der Waals surface area (Å²) in [6.07, 6.45) is 9.20. The lowest BCUT2D eigenvalue weighted by Gasteiger charge is -2.19. The highest BCUT2D eigenvalue weighted by molar-refractivity contribution is 5.84. The minimum atomic E-state index is -1.04. The molecular weight excluding hydrogens is 220 g/mol. The molecule has 1 aromatic heterocycles. The lowest BCUT2D eigenvalue weighted by atomic mass is 10.0. The number of allylic oxidation sites excluding steroid dienone is 1. The van der Waals surface area contributed by atoms with Crippen LogP contribution in [0.4, 0.5) is 0 Å². The van der Waals surface area contributed by atoms with Crippen molar-refractivity contribution in [2.24, 2.45) is 0 Å². The summed E-state index contributed by atoms with van der Waals surface area (Å²) in [7, 11) is 0. The molecule has 1 aliphatic carbocycles. The Labute approximate surface area is 99.3 Å². The van der Waals surface area contributed by atoms with Gasteiger partial charge in [-0.05, 0) is 19.3 Å². The Balaban J connectivity index is 1.73. The van der Waals surface area contributed by atoms with Crippen LogP contribution >= 0.6 is 0 Å². The van der Waals surface area contributed by atoms with Crippen LogP contribution in [0.25, 0.3) is 0 Å². The molecule has 0 aliphatic heterocycles. The number of carboxylic acids is 1. The fourth-order valence-corrected chi connectivity index (χ4v) is 1.87. The molecule has 92 valence electrons. The summed E-state index contributed by atoms with van der Waals surface area (Å²) in [5.41, 5.74) is -0.00870. The van der Waals surface area contributed by atoms with Gasteiger partial charge >= 0.3 is 5.97 Å². The van der Waals surface area contributed by atoms with Crippen LogP contribution in [0.3, 0.4) is 0 Å². The molecule has 0 amide bonds. The van der Waals surface area contributed by atoms with Crippen LogP contribution in [0.5, 0.6) is 0 Å². The molecule has 2 rings (SSSR count). The third-order valence-electron chi connectivity index (χ3n) is 2.80. The Morgan fingerprint density at radius 2 is 2.47 bits per heavy atom. The van der Waals surface area contributed by atoms with Crippen molar-refractivity contribution in [1.29, 1.82) is 0 Å². The van der Waals surface area contributed by atoms with Crippen molar-refractivity contribution in [3.63, 3.8) is 0 Å². The Kier molecular flexibility index (Phi) is 3.87. The largest absolute Gasteiger partial charge is 0.476 e. The molecule has 0 aromatic carbocycles. The molecule has 0 fully saturated rings. The van der Waals surface area contributed by atoms with E-state index in [2.05, 4.69) is 27.8 Å². The maximum absolute atomic E-state index is 10.6. The van der Waals surface area contributed by atoms with Crippen molar-refractivity contribution in [3.8, 4) is 0 Å². The van der Waals surface area contributed by atoms with E-state index in [0.717, 1.165) is 25.8 Å². The topological polar surface area (TPSA) is 80.0 Å². The standard InChI is InChI=1S/C11H16N4O2/c16-11(17)10-8-15(14-13-10)7-6-12-9-4-2-1-3-5-9/h1-2,8-9,12H,3-7H2,(H,16,17). The van der Waals surface area contributed by atoms with E-state index in [1.165, 1.54) is 6.20 Å². The third kappa shape index (κ3) is 3.39. The molecule has 2 N–H and O–H groups in total. The van der Waals surface area contributed by atoms with E-state index < -0.39 is 5.97 Å². The molecule has 1 atom stereocenters. The van der Waals surface area contributed by atoms with E-state index in [-0.39, 0.29) is 5.69 Å². The summed E-state index contributed by atoms with van der Waals surface area (Å²) in [4.78, 5) is 10.6. The number of carbonyl (C=O) groups is 1. The van der Waals surface area contributed by atoms with Crippen molar-refractivity contribution in [1.82, 2.24) is 20.3 Å². The van der Waals surface area contributed by atoms with E-state index in [0.29, 0.717) is 12.6 Å². The Bertz CT molecular complexity index is 413. The van der Waals surface area contributed by atoms with Gasteiger partial charge in [-0.25, -0.2) is 4.79 Å². The molecule has 0 spiro atoms. The van der Waals surface area contributed by atoms with E-state index in [9.17, 15) is 4.79 Å². The van der Waals surface area contributed by atoms with E-state index >= 15 is 0 Å². The van der Waals surface area contributed by atoms with Crippen LogP contribution in [0.2, 0.25) is 0 Å². The first-order valence-corrected chi connectivity index (χ1v) is 5.77. The number of hydrogen-bond donors (Lipinski definition) is 2. The van der Waals surface area contributed by atoms with Crippen LogP contribution in [0.1, 0.15) is 29.8 Å². The molecule has 0 radical (unpaired) electrons. The first kappa shape index (κ1) is 11.8. The van der Waals surface area contributed by atoms with Gasteiger partial charge in [-0.1, -0.05) is 17.4 Å². The molecule has 6 nitrogen and oxygen atoms in total. The second kappa shape index (κ2) is 5.58. The van der Waals surface area contributed by atoms with E-state index in [4.69, 9.17) is 5.11 Å². The number of aromatic carboxylic acids is 1. The number of hydrogen-bond acceptors (Lipinski definition) is 4. The van der Waals surface area contributed by atoms with Gasteiger partial charge in [0.05, 0.1) is 12.7 Å². The number of aromatic nitrogens is 3. The molecule has 0 bridgehead atoms. The predicted octanol–water partition coefficient (Wildman–Crippen LogP) is 0.675. The molecular formula is C11H16N4O2. The molecule has 0 saturated carbocycles. The highest BCUT2D eigenvalue weighted by Gasteiger charge is 2.10. The molecule has 1 unspecified atom stereocenters. The molecule has 1 aliphatic rings. The Morgan fingerprint density at radius 3 is 3.12 bits per heavy atom. The van der Waals surface area contributed by atoms with Crippen LogP contribution < -0.4 is 5.32 Å². The lowest BCUT2D eigenvalue weighted by Crippen LogP contribution is -2.32. The average molecular weight is 236 g/mol. The minimum Gasteiger partial charge on any atom is -0.476 e. The van der Waals surface area contributed by atoms with E-state index in [1.54, 1.807) is 4.68 Å². The smallest absolute Gasteiger partial charge is 0.358 e. The van der Waals surface area contributed by atoms with Gasteiger partial charge in [-0.15, -0.1) is 5.10 Å². The Morgan fingerprint density at radius 1 is 1.59 bits per heavy atom. The number of nitrogens with zero attached hydrogens (tertiary/aromatic N) is 3. The number of nitrogens with one attached hydrogen (secondary N) is 1. The van der Waals surface area contributed by atoms with Gasteiger partial charge in [-0.2, -0.15) is 0 Å². The molecule has 1 aromatic rings. The highest BCUT2D eigenvalue weighted by Crippen LogP contribution is 2.09. The average Bonchev–Trinajstić information content (AvgIpc) is 2.79. The molecule has 6 heteroatoms. The SMILES string of the molecule is O=C(O)c1cn(CCNC2CC=CCC2)nn1. The summed E-state index contributed by atoms with van der Waals surface area (Å²) in [5, 5.41) is 19.4. The zero-order valence-corrected chi connectivity index (χ0v) is 9.54. The highest BCUT2D eigenvalue weighted by atomic mass is 16.4. The van der Waals surface area contributed by atoms with E-state index in [1.807, 2.05) is 0 Å². The summed E-state index contributed by atoms with van der Waals surface area (Å²) in [5.74, 6) is -1.04. The summed E-state index contributed by atoms with van der Waals surface area (Å²) in [6.45, 7) is 1.42. The van der Waals surface area contributed by atoms with Crippen molar-refractivity contribution < 1.29 is 9.90 Å². The van der Waals surface area contributed by atoms with Crippen LogP contribution in [0.15, 0.2) is 18.3 Å². The van der Waals surface area contributed by atoms with Crippen molar-refractivity contribution in [2.45, 2.75) is 31.8 Å². The summed E-state index contributed by atoms with van der Waals surface area (Å²) in [6, 6.07) is 0.530. The number of carboxylic acid groups (broad SMARTS) is 1. The monoisotopic (exact) mass is 236 g/mol. The predicted molar refractivity (Wildman–Crippen MR) is 61.8 cm³/mol. The summed E-state index contributed by atoms with van der Waals surface area (Å²) < 4.78 is 1.55. The van der Waals surface area contributed by atoms with Crippen molar-refractivity contribution in [2.75, 3.05) is 6.54 Å². The molecule has 17 heavy (non-hydrogen) atoms. The Hall–Kier alpha value is -1.69. The van der Waals surface area contributed by atoms with Crippen LogP contribution in [-0.2, 0) is 6.54 Å². The fraction of sp³-hybridized carbons (Fsp3) is 0.545. The van der Waals surface area contributed by atoms with Crippen LogP contribution in [-0.4, -0.2) is 38.7 Å². The maximum atomic E-state index is 10.6. The number of rotatable bonds is 5. The normalized spacial score (nSPS) is 19.4. The second-order valence-corrected chi connectivity index (χ2v) is 4.11. The van der Waals surface area contributed by atoms with Gasteiger partial charge in [0.25, 0.3) is 0 Å². The minimum absolute atomic E-state index is 0.00870. The zero-order chi connectivity index (χ0) is 12.1. The third-order valence-corrected chi connectivity index (χ3v) is 2.80. The van der Waals surface area contributed by atoms with Crippen molar-refractivity contribution >= 4 is 5.97 Å². The van der Waals surface area contributed by atoms with Gasteiger partial charge in [0.1, 0.15) is 0 Å². The first-order valence-electron chi connectivity index (χ1n) is 5.77. The second-order valence-electron chi connectivity index (χ2n) is 4.11. The van der Waals surface area contributed by atoms with Gasteiger partial charge in [0.2, 0.25) is 0 Å². The molecule has 1 heterocycles. The molecule has 0 saturated heterocycles. The van der Waals surface area contributed by atoms with Gasteiger partial charge < -0.3 is 10.4 Å². The summed E-state index contributed by atoms with van der Waals surface area (Å²) >= 11 is 0. The maximum Gasteiger partial charge on any atom is 0.358 e. The zero-order valence-electron chi connectivity index (χ0n) is 9.54. The fourth-order valence-electron chi connectivity index (χ4n) is 1.87. The first-order chi connectivity index (χ1) is 8.25. The van der Waals surface area contributed by atoms with Crippen molar-refractivity contribution in [3.05, 3.63) is 24.0 Å².